The number of rotatable bonds is 2. The molecule has 0 aromatic carbocycles. The summed E-state index contributed by atoms with van der Waals surface area (Å²) in [7, 11) is 0. The van der Waals surface area contributed by atoms with Crippen LogP contribution in [0.4, 0.5) is 0 Å². The molecule has 0 fully saturated rings. The second-order valence-electron chi connectivity index (χ2n) is 3.76. The summed E-state index contributed by atoms with van der Waals surface area (Å²) < 4.78 is 0. The molecule has 0 atom stereocenters. The first-order valence-electron chi connectivity index (χ1n) is 3.92. The summed E-state index contributed by atoms with van der Waals surface area (Å²) in [5, 5.41) is 1.16. The molecule has 68 valence electrons. The minimum atomic E-state index is 0.150. The third-order valence-electron chi connectivity index (χ3n) is 1.47. The first-order valence-corrected chi connectivity index (χ1v) is 4.74. The quantitative estimate of drug-likeness (QED) is 0.541. The zero-order valence-electron chi connectivity index (χ0n) is 7.72. The van der Waals surface area contributed by atoms with Gasteiger partial charge in [0.25, 0.3) is 0 Å². The van der Waals surface area contributed by atoms with E-state index < -0.39 is 0 Å². The van der Waals surface area contributed by atoms with Crippen molar-refractivity contribution in [1.82, 2.24) is 10.4 Å². The SMILES string of the molecule is CC(C)(C)c1ncc(CNN)s1. The Morgan fingerprint density at radius 3 is 2.67 bits per heavy atom. The van der Waals surface area contributed by atoms with Crippen molar-refractivity contribution in [3.8, 4) is 0 Å². The number of nitrogens with zero attached hydrogens (tertiary/aromatic N) is 1. The van der Waals surface area contributed by atoms with Gasteiger partial charge >= 0.3 is 0 Å². The average Bonchev–Trinajstić information content (AvgIpc) is 2.35. The van der Waals surface area contributed by atoms with Gasteiger partial charge in [-0.1, -0.05) is 20.8 Å². The second kappa shape index (κ2) is 3.51. The lowest BCUT2D eigenvalue weighted by molar-refractivity contribution is 0.585. The third-order valence-corrected chi connectivity index (χ3v) is 2.89. The summed E-state index contributed by atoms with van der Waals surface area (Å²) in [6.45, 7) is 7.18. The van der Waals surface area contributed by atoms with Crippen LogP contribution in [-0.4, -0.2) is 4.98 Å². The molecule has 0 bridgehead atoms. The van der Waals surface area contributed by atoms with Crippen molar-refractivity contribution in [3.05, 3.63) is 16.1 Å². The number of nitrogens with two attached hydrogens (primary N) is 1. The summed E-state index contributed by atoms with van der Waals surface area (Å²) in [5.41, 5.74) is 2.77. The van der Waals surface area contributed by atoms with Crippen molar-refractivity contribution in [2.45, 2.75) is 32.7 Å². The number of hydrogen-bond donors (Lipinski definition) is 2. The zero-order valence-corrected chi connectivity index (χ0v) is 8.53. The molecular formula is C8H15N3S. The van der Waals surface area contributed by atoms with E-state index in [1.807, 2.05) is 6.20 Å². The van der Waals surface area contributed by atoms with E-state index in [-0.39, 0.29) is 5.41 Å². The Kier molecular flexibility index (Phi) is 2.82. The van der Waals surface area contributed by atoms with E-state index in [1.165, 1.54) is 4.88 Å². The van der Waals surface area contributed by atoms with E-state index in [2.05, 4.69) is 31.2 Å². The molecule has 0 aliphatic heterocycles. The molecule has 0 aliphatic rings. The van der Waals surface area contributed by atoms with Gasteiger partial charge < -0.3 is 0 Å². The lowest BCUT2D eigenvalue weighted by Crippen LogP contribution is -2.20. The van der Waals surface area contributed by atoms with Gasteiger partial charge in [0, 0.05) is 23.0 Å². The molecule has 12 heavy (non-hydrogen) atoms. The molecule has 3 nitrogen and oxygen atoms in total. The van der Waals surface area contributed by atoms with Gasteiger partial charge in [-0.05, 0) is 0 Å². The molecule has 0 saturated heterocycles. The highest BCUT2D eigenvalue weighted by Gasteiger charge is 2.17. The topological polar surface area (TPSA) is 50.9 Å². The predicted octanol–water partition coefficient (Wildman–Crippen LogP) is 1.40. The van der Waals surface area contributed by atoms with Crippen LogP contribution in [0.2, 0.25) is 0 Å². The van der Waals surface area contributed by atoms with Crippen LogP contribution in [0.3, 0.4) is 0 Å². The van der Waals surface area contributed by atoms with Crippen LogP contribution in [0.15, 0.2) is 6.20 Å². The Labute approximate surface area is 77.0 Å². The maximum absolute atomic E-state index is 5.21. The van der Waals surface area contributed by atoms with Crippen LogP contribution in [0, 0.1) is 0 Å². The van der Waals surface area contributed by atoms with Crippen molar-refractivity contribution in [3.63, 3.8) is 0 Å². The fourth-order valence-electron chi connectivity index (χ4n) is 0.837. The highest BCUT2D eigenvalue weighted by molar-refractivity contribution is 7.11. The largest absolute Gasteiger partial charge is 0.271 e. The van der Waals surface area contributed by atoms with Crippen molar-refractivity contribution in [1.29, 1.82) is 0 Å². The summed E-state index contributed by atoms with van der Waals surface area (Å²) >= 11 is 1.71. The molecule has 0 aliphatic carbocycles. The van der Waals surface area contributed by atoms with Gasteiger partial charge in [0.2, 0.25) is 0 Å². The number of hydrazine groups is 1. The molecule has 0 saturated carbocycles. The van der Waals surface area contributed by atoms with Crippen molar-refractivity contribution < 1.29 is 0 Å². The molecule has 0 radical (unpaired) electrons. The fourth-order valence-corrected chi connectivity index (χ4v) is 1.76. The lowest BCUT2D eigenvalue weighted by atomic mass is 9.98. The van der Waals surface area contributed by atoms with Crippen LogP contribution in [-0.2, 0) is 12.0 Å². The number of hydrogen-bond acceptors (Lipinski definition) is 4. The monoisotopic (exact) mass is 185 g/mol. The first-order chi connectivity index (χ1) is 5.54. The van der Waals surface area contributed by atoms with E-state index in [0.717, 1.165) is 5.01 Å². The van der Waals surface area contributed by atoms with E-state index in [9.17, 15) is 0 Å². The molecule has 1 heterocycles. The molecule has 0 spiro atoms. The Hall–Kier alpha value is -0.450. The van der Waals surface area contributed by atoms with Gasteiger partial charge in [0.1, 0.15) is 0 Å². The maximum Gasteiger partial charge on any atom is 0.0981 e. The van der Waals surface area contributed by atoms with Crippen molar-refractivity contribution >= 4 is 11.3 Å². The predicted molar refractivity (Wildman–Crippen MR) is 51.8 cm³/mol. The fraction of sp³-hybridized carbons (Fsp3) is 0.625. The molecule has 0 amide bonds. The Bertz CT molecular complexity index is 249. The van der Waals surface area contributed by atoms with Crippen LogP contribution in [0.1, 0.15) is 30.7 Å². The highest BCUT2D eigenvalue weighted by atomic mass is 32.1. The molecule has 3 N–H and O–H groups in total. The smallest absolute Gasteiger partial charge is 0.0981 e. The van der Waals surface area contributed by atoms with E-state index in [1.54, 1.807) is 11.3 Å². The number of thiazole rings is 1. The Morgan fingerprint density at radius 2 is 2.25 bits per heavy atom. The van der Waals surface area contributed by atoms with Gasteiger partial charge in [-0.15, -0.1) is 11.3 Å². The Morgan fingerprint density at radius 1 is 1.58 bits per heavy atom. The molecule has 0 unspecified atom stereocenters. The van der Waals surface area contributed by atoms with Crippen LogP contribution >= 0.6 is 11.3 Å². The molecule has 4 heteroatoms. The maximum atomic E-state index is 5.21. The molecule has 1 rings (SSSR count). The minimum absolute atomic E-state index is 0.150. The number of aromatic nitrogens is 1. The van der Waals surface area contributed by atoms with Gasteiger partial charge in [-0.3, -0.25) is 11.3 Å². The summed E-state index contributed by atoms with van der Waals surface area (Å²) in [6.07, 6.45) is 1.88. The second-order valence-corrected chi connectivity index (χ2v) is 4.88. The Balaban J connectivity index is 2.77. The van der Waals surface area contributed by atoms with Crippen LogP contribution in [0.25, 0.3) is 0 Å². The van der Waals surface area contributed by atoms with Gasteiger partial charge in [-0.25, -0.2) is 4.98 Å². The van der Waals surface area contributed by atoms with Crippen molar-refractivity contribution in [2.75, 3.05) is 0 Å². The summed E-state index contributed by atoms with van der Waals surface area (Å²) in [6, 6.07) is 0. The zero-order chi connectivity index (χ0) is 9.19. The van der Waals surface area contributed by atoms with Crippen LogP contribution < -0.4 is 11.3 Å². The van der Waals surface area contributed by atoms with E-state index in [0.29, 0.717) is 6.54 Å². The van der Waals surface area contributed by atoms with Crippen molar-refractivity contribution in [2.24, 2.45) is 5.84 Å². The molecular weight excluding hydrogens is 170 g/mol. The lowest BCUT2D eigenvalue weighted by Gasteiger charge is -2.13. The third kappa shape index (κ3) is 2.27. The first kappa shape index (κ1) is 9.64. The van der Waals surface area contributed by atoms with E-state index >= 15 is 0 Å². The highest BCUT2D eigenvalue weighted by Crippen LogP contribution is 2.26. The minimum Gasteiger partial charge on any atom is -0.271 e. The number of nitrogens with one attached hydrogen (secondary N) is 1. The molecule has 1 aromatic heterocycles. The summed E-state index contributed by atoms with van der Waals surface area (Å²) in [5.74, 6) is 5.21. The standard InChI is InChI=1S/C8H15N3S/c1-8(2,3)7-10-4-6(12-7)5-11-9/h4,11H,5,9H2,1-3H3. The van der Waals surface area contributed by atoms with E-state index in [4.69, 9.17) is 5.84 Å². The van der Waals surface area contributed by atoms with Gasteiger partial charge in [0.15, 0.2) is 0 Å². The molecule has 1 aromatic rings. The van der Waals surface area contributed by atoms with Gasteiger partial charge in [0.05, 0.1) is 5.01 Å². The average molecular weight is 185 g/mol. The summed E-state index contributed by atoms with van der Waals surface area (Å²) in [4.78, 5) is 5.51. The normalized spacial score (nSPS) is 12.0. The van der Waals surface area contributed by atoms with Gasteiger partial charge in [-0.2, -0.15) is 0 Å². The van der Waals surface area contributed by atoms with Crippen LogP contribution in [0.5, 0.6) is 0 Å².